The maximum atomic E-state index is 12.3. The van der Waals surface area contributed by atoms with Crippen molar-refractivity contribution in [2.75, 3.05) is 6.54 Å². The number of aromatic carboxylic acids is 1. The highest BCUT2D eigenvalue weighted by Gasteiger charge is 2.25. The van der Waals surface area contributed by atoms with Crippen molar-refractivity contribution >= 4 is 11.9 Å². The smallest absolute Gasteiger partial charge is 0.352 e. The van der Waals surface area contributed by atoms with E-state index in [1.165, 1.54) is 17.1 Å². The van der Waals surface area contributed by atoms with Crippen molar-refractivity contribution in [2.45, 2.75) is 45.2 Å². The molecule has 0 bridgehead atoms. The van der Waals surface area contributed by atoms with Crippen LogP contribution in [0.2, 0.25) is 0 Å². The predicted molar refractivity (Wildman–Crippen MR) is 71.0 cm³/mol. The van der Waals surface area contributed by atoms with Gasteiger partial charge in [-0.1, -0.05) is 6.92 Å². The molecule has 5 nitrogen and oxygen atoms in total. The van der Waals surface area contributed by atoms with Crippen LogP contribution in [0, 0.1) is 0 Å². The summed E-state index contributed by atoms with van der Waals surface area (Å²) in [6, 6.07) is 3.48. The molecule has 1 saturated heterocycles. The lowest BCUT2D eigenvalue weighted by Gasteiger charge is -2.35. The van der Waals surface area contributed by atoms with Gasteiger partial charge in [0.2, 0.25) is 5.91 Å². The summed E-state index contributed by atoms with van der Waals surface area (Å²) in [6.45, 7) is 3.00. The van der Waals surface area contributed by atoms with E-state index in [1.807, 2.05) is 4.90 Å². The summed E-state index contributed by atoms with van der Waals surface area (Å²) >= 11 is 0. The van der Waals surface area contributed by atoms with Crippen molar-refractivity contribution in [1.29, 1.82) is 0 Å². The zero-order valence-electron chi connectivity index (χ0n) is 11.2. The Morgan fingerprint density at radius 1 is 1.42 bits per heavy atom. The van der Waals surface area contributed by atoms with E-state index >= 15 is 0 Å². The van der Waals surface area contributed by atoms with Crippen LogP contribution in [0.3, 0.4) is 0 Å². The Kier molecular flexibility index (Phi) is 4.24. The normalized spacial score (nSPS) is 19.4. The Labute approximate surface area is 112 Å². The van der Waals surface area contributed by atoms with Crippen molar-refractivity contribution in [2.24, 2.45) is 0 Å². The molecule has 104 valence electrons. The molecule has 2 heterocycles. The molecular weight excluding hydrogens is 244 g/mol. The van der Waals surface area contributed by atoms with Crippen LogP contribution in [0.25, 0.3) is 0 Å². The van der Waals surface area contributed by atoms with Gasteiger partial charge in [-0.05, 0) is 37.8 Å². The summed E-state index contributed by atoms with van der Waals surface area (Å²) < 4.78 is 1.51. The molecule has 1 N–H and O–H groups in total. The van der Waals surface area contributed by atoms with Crippen LogP contribution in [-0.4, -0.2) is 39.0 Å². The van der Waals surface area contributed by atoms with Crippen LogP contribution in [0.15, 0.2) is 18.3 Å². The van der Waals surface area contributed by atoms with Crippen LogP contribution in [0.5, 0.6) is 0 Å². The number of carboxylic acids is 1. The summed E-state index contributed by atoms with van der Waals surface area (Å²) in [7, 11) is 0. The summed E-state index contributed by atoms with van der Waals surface area (Å²) in [5, 5.41) is 9.03. The van der Waals surface area contributed by atoms with E-state index < -0.39 is 5.97 Å². The maximum Gasteiger partial charge on any atom is 0.352 e. The lowest BCUT2D eigenvalue weighted by atomic mass is 10.00. The third-order valence-corrected chi connectivity index (χ3v) is 3.77. The van der Waals surface area contributed by atoms with E-state index in [4.69, 9.17) is 5.11 Å². The van der Waals surface area contributed by atoms with Crippen LogP contribution in [0.4, 0.5) is 0 Å². The van der Waals surface area contributed by atoms with Gasteiger partial charge in [0, 0.05) is 18.8 Å². The number of aromatic nitrogens is 1. The molecule has 0 radical (unpaired) electrons. The average molecular weight is 264 g/mol. The number of likely N-dealkylation sites (tertiary alicyclic amines) is 1. The number of carboxylic acid groups (broad SMARTS) is 1. The Bertz CT molecular complexity index is 467. The topological polar surface area (TPSA) is 62.5 Å². The number of amides is 1. The molecule has 1 aromatic rings. The molecule has 1 unspecified atom stereocenters. The molecule has 1 aromatic heterocycles. The monoisotopic (exact) mass is 264 g/mol. The van der Waals surface area contributed by atoms with Crippen molar-refractivity contribution in [3.8, 4) is 0 Å². The number of rotatable bonds is 4. The second-order valence-corrected chi connectivity index (χ2v) is 4.97. The molecule has 0 spiro atoms. The van der Waals surface area contributed by atoms with Gasteiger partial charge in [-0.15, -0.1) is 0 Å². The highest BCUT2D eigenvalue weighted by Crippen LogP contribution is 2.20. The first-order valence-corrected chi connectivity index (χ1v) is 6.81. The summed E-state index contributed by atoms with van der Waals surface area (Å²) in [6.07, 6.45) is 5.88. The maximum absolute atomic E-state index is 12.3. The molecule has 1 aliphatic heterocycles. The standard InChI is InChI=1S/C14H20N2O3/c1-2-11-6-3-4-9-16(11)13(17)10-15-8-5-7-12(15)14(18)19/h5,7-8,11H,2-4,6,9-10H2,1H3,(H,18,19). The molecule has 0 aliphatic carbocycles. The summed E-state index contributed by atoms with van der Waals surface area (Å²) in [4.78, 5) is 25.2. The minimum atomic E-state index is -0.997. The molecule has 1 atom stereocenters. The SMILES string of the molecule is CCC1CCCCN1C(=O)Cn1cccc1C(=O)O. The number of hydrogen-bond acceptors (Lipinski definition) is 2. The van der Waals surface area contributed by atoms with Gasteiger partial charge >= 0.3 is 5.97 Å². The third kappa shape index (κ3) is 2.97. The molecule has 1 amide bonds. The first kappa shape index (κ1) is 13.6. The molecule has 19 heavy (non-hydrogen) atoms. The van der Waals surface area contributed by atoms with E-state index in [9.17, 15) is 9.59 Å². The minimum absolute atomic E-state index is 0.0188. The highest BCUT2D eigenvalue weighted by atomic mass is 16.4. The number of hydrogen-bond donors (Lipinski definition) is 1. The zero-order chi connectivity index (χ0) is 13.8. The minimum Gasteiger partial charge on any atom is -0.477 e. The third-order valence-electron chi connectivity index (χ3n) is 3.77. The lowest BCUT2D eigenvalue weighted by Crippen LogP contribution is -2.45. The number of piperidine rings is 1. The van der Waals surface area contributed by atoms with Gasteiger partial charge in [0.25, 0.3) is 0 Å². The Balaban J connectivity index is 2.07. The van der Waals surface area contributed by atoms with Gasteiger partial charge in [-0.3, -0.25) is 4.79 Å². The van der Waals surface area contributed by atoms with Crippen molar-refractivity contribution in [1.82, 2.24) is 9.47 Å². The Morgan fingerprint density at radius 2 is 2.21 bits per heavy atom. The van der Waals surface area contributed by atoms with Crippen LogP contribution in [0.1, 0.15) is 43.1 Å². The number of carbonyl (C=O) groups excluding carboxylic acids is 1. The van der Waals surface area contributed by atoms with Gasteiger partial charge in [0.15, 0.2) is 0 Å². The number of nitrogens with zero attached hydrogens (tertiary/aromatic N) is 2. The zero-order valence-corrected chi connectivity index (χ0v) is 11.2. The summed E-state index contributed by atoms with van der Waals surface area (Å²) in [5.74, 6) is -0.978. The van der Waals surface area contributed by atoms with E-state index in [2.05, 4.69) is 6.92 Å². The van der Waals surface area contributed by atoms with Gasteiger partial charge < -0.3 is 14.6 Å². The van der Waals surface area contributed by atoms with Crippen LogP contribution in [-0.2, 0) is 11.3 Å². The fraction of sp³-hybridized carbons (Fsp3) is 0.571. The fourth-order valence-electron chi connectivity index (χ4n) is 2.74. The van der Waals surface area contributed by atoms with Gasteiger partial charge in [0.05, 0.1) is 0 Å². The first-order chi connectivity index (χ1) is 9.13. The van der Waals surface area contributed by atoms with E-state index in [1.54, 1.807) is 12.3 Å². The largest absolute Gasteiger partial charge is 0.477 e. The molecule has 0 aromatic carbocycles. The van der Waals surface area contributed by atoms with Gasteiger partial charge in [-0.2, -0.15) is 0 Å². The van der Waals surface area contributed by atoms with Crippen molar-refractivity contribution in [3.63, 3.8) is 0 Å². The van der Waals surface area contributed by atoms with Gasteiger partial charge in [0.1, 0.15) is 12.2 Å². The van der Waals surface area contributed by atoms with E-state index in [0.717, 1.165) is 25.8 Å². The van der Waals surface area contributed by atoms with Crippen LogP contribution < -0.4 is 0 Å². The van der Waals surface area contributed by atoms with E-state index in [0.29, 0.717) is 6.04 Å². The molecule has 0 saturated carbocycles. The molecule has 2 rings (SSSR count). The predicted octanol–water partition coefficient (Wildman–Crippen LogP) is 1.98. The highest BCUT2D eigenvalue weighted by molar-refractivity contribution is 5.87. The average Bonchev–Trinajstić information content (AvgIpc) is 2.87. The Hall–Kier alpha value is -1.78. The lowest BCUT2D eigenvalue weighted by molar-refractivity contribution is -0.135. The second-order valence-electron chi connectivity index (χ2n) is 4.97. The van der Waals surface area contributed by atoms with Crippen LogP contribution >= 0.6 is 0 Å². The second kappa shape index (κ2) is 5.91. The quantitative estimate of drug-likeness (QED) is 0.904. The Morgan fingerprint density at radius 3 is 2.89 bits per heavy atom. The van der Waals surface area contributed by atoms with Gasteiger partial charge in [-0.25, -0.2) is 4.79 Å². The first-order valence-electron chi connectivity index (χ1n) is 6.81. The van der Waals surface area contributed by atoms with Crippen molar-refractivity contribution < 1.29 is 14.7 Å². The number of carbonyl (C=O) groups is 2. The summed E-state index contributed by atoms with van der Waals surface area (Å²) in [5.41, 5.74) is 0.165. The molecule has 1 fully saturated rings. The van der Waals surface area contributed by atoms with Crippen molar-refractivity contribution in [3.05, 3.63) is 24.0 Å². The molecule has 5 heteroatoms. The molecule has 1 aliphatic rings. The fourth-order valence-corrected chi connectivity index (χ4v) is 2.74. The van der Waals surface area contributed by atoms with E-state index in [-0.39, 0.29) is 18.1 Å². The molecular formula is C14H20N2O3.